The molecule has 0 bridgehead atoms. The number of para-hydroxylation sites is 1. The van der Waals surface area contributed by atoms with Gasteiger partial charge in [0.15, 0.2) is 0 Å². The average molecular weight is 516 g/mol. The minimum absolute atomic E-state index is 0. The molecule has 1 fully saturated rings. The molecule has 1 saturated heterocycles. The van der Waals surface area contributed by atoms with E-state index in [0.29, 0.717) is 0 Å². The summed E-state index contributed by atoms with van der Waals surface area (Å²) in [5.74, 6) is 0. The molecule has 0 radical (unpaired) electrons. The van der Waals surface area contributed by atoms with Crippen LogP contribution in [0.1, 0.15) is 6.42 Å². The minimum Gasteiger partial charge on any atom is -1.00 e. The fourth-order valence-corrected chi connectivity index (χ4v) is 5.01. The Bertz CT molecular complexity index is 789. The third-order valence-corrected chi connectivity index (χ3v) is 6.85. The molecule has 0 saturated carbocycles. The highest BCUT2D eigenvalue weighted by atomic mass is 127. The molecule has 0 amide bonds. The van der Waals surface area contributed by atoms with Crippen LogP contribution in [0.2, 0.25) is 5.02 Å². The molecule has 27 heavy (non-hydrogen) atoms. The van der Waals surface area contributed by atoms with Crippen LogP contribution < -0.4 is 28.9 Å². The van der Waals surface area contributed by atoms with E-state index in [4.69, 9.17) is 11.6 Å². The molecule has 2 aromatic carbocycles. The van der Waals surface area contributed by atoms with Gasteiger partial charge in [-0.15, -0.1) is 0 Å². The summed E-state index contributed by atoms with van der Waals surface area (Å²) in [7, 11) is 4.67. The second-order valence-electron chi connectivity index (χ2n) is 7.91. The van der Waals surface area contributed by atoms with Crippen molar-refractivity contribution in [1.29, 1.82) is 0 Å². The molecule has 0 spiro atoms. The summed E-state index contributed by atoms with van der Waals surface area (Å²) in [4.78, 5) is 7.70. The highest BCUT2D eigenvalue weighted by Gasteiger charge is 2.25. The lowest BCUT2D eigenvalue weighted by Crippen LogP contribution is -3.00. The van der Waals surface area contributed by atoms with Crippen LogP contribution in [0.5, 0.6) is 0 Å². The first-order valence-electron chi connectivity index (χ1n) is 9.40. The van der Waals surface area contributed by atoms with Crippen molar-refractivity contribution in [2.45, 2.75) is 16.2 Å². The van der Waals surface area contributed by atoms with Crippen molar-refractivity contribution in [2.24, 2.45) is 0 Å². The summed E-state index contributed by atoms with van der Waals surface area (Å²) in [6, 6.07) is 15.0. The molecule has 2 aliphatic heterocycles. The van der Waals surface area contributed by atoms with E-state index in [1.54, 1.807) is 0 Å². The number of benzene rings is 2. The van der Waals surface area contributed by atoms with Crippen molar-refractivity contribution >= 4 is 34.7 Å². The number of halogens is 2. The molecule has 4 rings (SSSR count). The van der Waals surface area contributed by atoms with Gasteiger partial charge >= 0.3 is 0 Å². The number of nitrogens with zero attached hydrogens (tertiary/aromatic N) is 3. The van der Waals surface area contributed by atoms with Gasteiger partial charge in [0, 0.05) is 41.0 Å². The van der Waals surface area contributed by atoms with Crippen LogP contribution in [0.4, 0.5) is 11.4 Å². The molecule has 2 heterocycles. The van der Waals surface area contributed by atoms with Crippen LogP contribution in [0.15, 0.2) is 52.3 Å². The fourth-order valence-electron chi connectivity index (χ4n) is 3.77. The van der Waals surface area contributed by atoms with Crippen LogP contribution in [0.25, 0.3) is 0 Å². The number of anilines is 2. The number of quaternary nitrogens is 1. The van der Waals surface area contributed by atoms with Crippen LogP contribution in [0.3, 0.4) is 0 Å². The first kappa shape index (κ1) is 21.2. The number of hydrogen-bond acceptors (Lipinski definition) is 3. The SMILES string of the molecule is C[N+]1(C)CCN(CCCN2c3ccccc3Sc3ccc(Cl)cc32)CC1.[I-]. The number of piperazine rings is 1. The van der Waals surface area contributed by atoms with E-state index >= 15 is 0 Å². The number of likely N-dealkylation sites (N-methyl/N-ethyl adjacent to an activating group) is 1. The first-order chi connectivity index (χ1) is 12.5. The molecule has 0 unspecified atom stereocenters. The minimum atomic E-state index is 0. The highest BCUT2D eigenvalue weighted by Crippen LogP contribution is 2.48. The normalized spacial score (nSPS) is 18.4. The number of rotatable bonds is 4. The van der Waals surface area contributed by atoms with E-state index in [-0.39, 0.29) is 24.0 Å². The van der Waals surface area contributed by atoms with E-state index in [0.717, 1.165) is 16.1 Å². The van der Waals surface area contributed by atoms with Gasteiger partial charge in [-0.25, -0.2) is 0 Å². The second kappa shape index (κ2) is 8.91. The lowest BCUT2D eigenvalue weighted by atomic mass is 10.2. The molecule has 3 nitrogen and oxygen atoms in total. The summed E-state index contributed by atoms with van der Waals surface area (Å²) >= 11 is 8.15. The molecule has 0 aromatic heterocycles. The Morgan fingerprint density at radius 1 is 0.963 bits per heavy atom. The largest absolute Gasteiger partial charge is 1.00 e. The Kier molecular flexibility index (Phi) is 7.01. The van der Waals surface area contributed by atoms with Crippen LogP contribution in [-0.2, 0) is 0 Å². The molecule has 0 atom stereocenters. The molecule has 0 N–H and O–H groups in total. The van der Waals surface area contributed by atoms with Crippen LogP contribution in [0, 0.1) is 0 Å². The van der Waals surface area contributed by atoms with E-state index in [1.165, 1.54) is 60.3 Å². The molecule has 0 aliphatic carbocycles. The summed E-state index contributed by atoms with van der Waals surface area (Å²) in [6.45, 7) is 7.12. The van der Waals surface area contributed by atoms with Gasteiger partial charge in [0.25, 0.3) is 0 Å². The van der Waals surface area contributed by atoms with E-state index in [2.05, 4.69) is 60.3 Å². The molecule has 146 valence electrons. The molecular weight excluding hydrogens is 489 g/mol. The van der Waals surface area contributed by atoms with Gasteiger partial charge in [-0.1, -0.05) is 35.5 Å². The molecular formula is C21H27ClIN3S. The first-order valence-corrected chi connectivity index (χ1v) is 10.6. The fraction of sp³-hybridized carbons (Fsp3) is 0.429. The van der Waals surface area contributed by atoms with Crippen molar-refractivity contribution in [1.82, 2.24) is 4.90 Å². The third kappa shape index (κ3) is 4.93. The van der Waals surface area contributed by atoms with Crippen molar-refractivity contribution in [3.8, 4) is 0 Å². The maximum absolute atomic E-state index is 6.31. The maximum atomic E-state index is 6.31. The third-order valence-electron chi connectivity index (χ3n) is 5.49. The second-order valence-corrected chi connectivity index (χ2v) is 9.43. The Balaban J connectivity index is 0.00000210. The van der Waals surface area contributed by atoms with Gasteiger partial charge in [-0.2, -0.15) is 0 Å². The van der Waals surface area contributed by atoms with Gasteiger partial charge in [0.05, 0.1) is 38.6 Å². The predicted molar refractivity (Wildman–Crippen MR) is 112 cm³/mol. The monoisotopic (exact) mass is 515 g/mol. The standard InChI is InChI=1S/C21H27ClN3S.HI/c1-25(2)14-12-23(13-15-25)10-5-11-24-18-6-3-4-7-20(18)26-21-9-8-17(22)16-19(21)24;/h3-4,6-9,16H,5,10-15H2,1-2H3;1H/q+1;/p-1. The Labute approximate surface area is 189 Å². The maximum Gasteiger partial charge on any atom is 0.0912 e. The van der Waals surface area contributed by atoms with Gasteiger partial charge in [0.2, 0.25) is 0 Å². The summed E-state index contributed by atoms with van der Waals surface area (Å²) in [5.41, 5.74) is 2.56. The van der Waals surface area contributed by atoms with Crippen molar-refractivity contribution in [3.63, 3.8) is 0 Å². The summed E-state index contributed by atoms with van der Waals surface area (Å²) in [6.07, 6.45) is 1.17. The Morgan fingerprint density at radius 3 is 2.44 bits per heavy atom. The smallest absolute Gasteiger partial charge is 0.0912 e. The Hall–Kier alpha value is -0.470. The highest BCUT2D eigenvalue weighted by molar-refractivity contribution is 7.99. The van der Waals surface area contributed by atoms with Crippen molar-refractivity contribution in [3.05, 3.63) is 47.5 Å². The van der Waals surface area contributed by atoms with Crippen molar-refractivity contribution in [2.75, 3.05) is 58.3 Å². The Morgan fingerprint density at radius 2 is 1.67 bits per heavy atom. The number of fused-ring (bicyclic) bond motifs is 2. The summed E-state index contributed by atoms with van der Waals surface area (Å²) < 4.78 is 1.15. The zero-order valence-electron chi connectivity index (χ0n) is 16.0. The van der Waals surface area contributed by atoms with Crippen LogP contribution >= 0.6 is 23.4 Å². The van der Waals surface area contributed by atoms with Crippen LogP contribution in [-0.4, -0.2) is 62.7 Å². The van der Waals surface area contributed by atoms with E-state index < -0.39 is 0 Å². The zero-order chi connectivity index (χ0) is 18.1. The molecule has 6 heteroatoms. The van der Waals surface area contributed by atoms with E-state index in [1.807, 2.05) is 17.8 Å². The quantitative estimate of drug-likeness (QED) is 0.452. The lowest BCUT2D eigenvalue weighted by Gasteiger charge is -2.39. The number of hydrogen-bond donors (Lipinski definition) is 0. The predicted octanol–water partition coefficient (Wildman–Crippen LogP) is 1.73. The van der Waals surface area contributed by atoms with Gasteiger partial charge < -0.3 is 33.4 Å². The molecule has 2 aliphatic rings. The molecule has 2 aromatic rings. The van der Waals surface area contributed by atoms with Gasteiger partial charge in [0.1, 0.15) is 0 Å². The average Bonchev–Trinajstić information content (AvgIpc) is 2.63. The zero-order valence-corrected chi connectivity index (χ0v) is 19.7. The lowest BCUT2D eigenvalue weighted by molar-refractivity contribution is -0.894. The van der Waals surface area contributed by atoms with E-state index in [9.17, 15) is 0 Å². The van der Waals surface area contributed by atoms with Crippen molar-refractivity contribution < 1.29 is 28.5 Å². The summed E-state index contributed by atoms with van der Waals surface area (Å²) in [5, 5.41) is 0.810. The van der Waals surface area contributed by atoms with Gasteiger partial charge in [-0.3, -0.25) is 4.90 Å². The topological polar surface area (TPSA) is 6.48 Å². The van der Waals surface area contributed by atoms with Gasteiger partial charge in [-0.05, 0) is 36.8 Å².